The third-order valence-corrected chi connectivity index (χ3v) is 3.78. The van der Waals surface area contributed by atoms with Gasteiger partial charge in [0.25, 0.3) is 0 Å². The molecule has 0 amide bonds. The molecule has 0 saturated heterocycles. The summed E-state index contributed by atoms with van der Waals surface area (Å²) in [6.07, 6.45) is 1.92. The third-order valence-electron chi connectivity index (χ3n) is 3.32. The fourth-order valence-corrected chi connectivity index (χ4v) is 2.79. The zero-order valence-corrected chi connectivity index (χ0v) is 13.3. The minimum absolute atomic E-state index is 0.0747. The summed E-state index contributed by atoms with van der Waals surface area (Å²) >= 11 is 3.07. The molecule has 21 heavy (non-hydrogen) atoms. The molecule has 0 fully saturated rings. The lowest BCUT2D eigenvalue weighted by Gasteiger charge is -2.19. The first-order valence-electron chi connectivity index (χ1n) is 6.76. The summed E-state index contributed by atoms with van der Waals surface area (Å²) in [6, 6.07) is 9.35. The predicted molar refractivity (Wildman–Crippen MR) is 83.7 cm³/mol. The van der Waals surface area contributed by atoms with Gasteiger partial charge in [-0.05, 0) is 29.7 Å². The summed E-state index contributed by atoms with van der Waals surface area (Å²) in [5, 5.41) is 0. The van der Waals surface area contributed by atoms with Crippen molar-refractivity contribution >= 4 is 15.9 Å². The van der Waals surface area contributed by atoms with Crippen molar-refractivity contribution in [2.45, 2.75) is 25.8 Å². The van der Waals surface area contributed by atoms with Gasteiger partial charge >= 0.3 is 0 Å². The first-order chi connectivity index (χ1) is 10.1. The van der Waals surface area contributed by atoms with Crippen LogP contribution < -0.4 is 11.3 Å². The van der Waals surface area contributed by atoms with Crippen molar-refractivity contribution < 1.29 is 8.78 Å². The van der Waals surface area contributed by atoms with E-state index in [4.69, 9.17) is 5.84 Å². The van der Waals surface area contributed by atoms with E-state index in [1.54, 1.807) is 0 Å². The quantitative estimate of drug-likeness (QED) is 0.622. The maximum Gasteiger partial charge on any atom is 0.132 e. The number of benzene rings is 2. The predicted octanol–water partition coefficient (Wildman–Crippen LogP) is 4.23. The molecule has 0 aliphatic carbocycles. The van der Waals surface area contributed by atoms with Crippen LogP contribution in [0.25, 0.3) is 0 Å². The second-order valence-corrected chi connectivity index (χ2v) is 5.79. The van der Waals surface area contributed by atoms with Gasteiger partial charge in [-0.15, -0.1) is 0 Å². The molecule has 0 bridgehead atoms. The van der Waals surface area contributed by atoms with Gasteiger partial charge in [0, 0.05) is 10.0 Å². The molecule has 2 nitrogen and oxygen atoms in total. The molecule has 1 atom stereocenters. The lowest BCUT2D eigenvalue weighted by atomic mass is 9.96. The van der Waals surface area contributed by atoms with Gasteiger partial charge in [-0.1, -0.05) is 53.5 Å². The molecule has 112 valence electrons. The SMILES string of the molecule is CCCc1cccc(C(NN)c2c(F)cc(Br)cc2F)c1. The van der Waals surface area contributed by atoms with Crippen molar-refractivity contribution in [1.82, 2.24) is 5.43 Å². The molecule has 5 heteroatoms. The number of hydrogen-bond acceptors (Lipinski definition) is 2. The Balaban J connectivity index is 2.47. The number of rotatable bonds is 5. The number of hydrazine groups is 1. The molecule has 2 aromatic carbocycles. The molecular weight excluding hydrogens is 338 g/mol. The largest absolute Gasteiger partial charge is 0.271 e. The van der Waals surface area contributed by atoms with E-state index in [2.05, 4.69) is 28.3 Å². The maximum atomic E-state index is 14.1. The molecule has 0 heterocycles. The Hall–Kier alpha value is -1.30. The van der Waals surface area contributed by atoms with Gasteiger partial charge in [-0.25, -0.2) is 14.2 Å². The van der Waals surface area contributed by atoms with Crippen molar-refractivity contribution in [3.8, 4) is 0 Å². The van der Waals surface area contributed by atoms with Crippen LogP contribution in [-0.2, 0) is 6.42 Å². The van der Waals surface area contributed by atoms with Crippen molar-refractivity contribution in [2.24, 2.45) is 5.84 Å². The van der Waals surface area contributed by atoms with E-state index in [1.807, 2.05) is 24.3 Å². The molecule has 0 aliphatic heterocycles. The van der Waals surface area contributed by atoms with Gasteiger partial charge in [-0.2, -0.15) is 0 Å². The third kappa shape index (κ3) is 3.67. The first kappa shape index (κ1) is 16.1. The van der Waals surface area contributed by atoms with Gasteiger partial charge < -0.3 is 0 Å². The molecule has 3 N–H and O–H groups in total. The van der Waals surface area contributed by atoms with Crippen molar-refractivity contribution in [3.63, 3.8) is 0 Å². The van der Waals surface area contributed by atoms with E-state index in [1.165, 1.54) is 12.1 Å². The van der Waals surface area contributed by atoms with E-state index in [-0.39, 0.29) is 5.56 Å². The summed E-state index contributed by atoms with van der Waals surface area (Å²) in [5.41, 5.74) is 4.29. The van der Waals surface area contributed by atoms with Gasteiger partial charge in [0.2, 0.25) is 0 Å². The highest BCUT2D eigenvalue weighted by atomic mass is 79.9. The zero-order valence-electron chi connectivity index (χ0n) is 11.7. The molecule has 0 aromatic heterocycles. The Kier molecular flexibility index (Phi) is 5.45. The van der Waals surface area contributed by atoms with Crippen molar-refractivity contribution in [1.29, 1.82) is 0 Å². The maximum absolute atomic E-state index is 14.1. The number of aryl methyl sites for hydroxylation is 1. The lowest BCUT2D eigenvalue weighted by Crippen LogP contribution is -2.30. The Bertz CT molecular complexity index is 608. The van der Waals surface area contributed by atoms with E-state index >= 15 is 0 Å². The van der Waals surface area contributed by atoms with E-state index in [9.17, 15) is 8.78 Å². The molecule has 1 unspecified atom stereocenters. The molecule has 0 saturated carbocycles. The zero-order chi connectivity index (χ0) is 15.4. The molecule has 0 aliphatic rings. The Morgan fingerprint density at radius 1 is 1.19 bits per heavy atom. The minimum atomic E-state index is -0.727. The normalized spacial score (nSPS) is 12.4. The summed E-state index contributed by atoms with van der Waals surface area (Å²) < 4.78 is 28.6. The number of halogens is 3. The lowest BCUT2D eigenvalue weighted by molar-refractivity contribution is 0.509. The number of nitrogens with one attached hydrogen (secondary N) is 1. The van der Waals surface area contributed by atoms with Crippen LogP contribution in [0.1, 0.15) is 36.1 Å². The fourth-order valence-electron chi connectivity index (χ4n) is 2.39. The van der Waals surface area contributed by atoms with Crippen LogP contribution in [-0.4, -0.2) is 0 Å². The van der Waals surface area contributed by atoms with E-state index < -0.39 is 17.7 Å². The Labute approximate surface area is 131 Å². The second-order valence-electron chi connectivity index (χ2n) is 4.88. The van der Waals surface area contributed by atoms with Crippen molar-refractivity contribution in [2.75, 3.05) is 0 Å². The first-order valence-corrected chi connectivity index (χ1v) is 7.55. The standard InChI is InChI=1S/C16H17BrF2N2/c1-2-4-10-5-3-6-11(7-10)16(21-20)15-13(18)8-12(17)9-14(15)19/h3,5-9,16,21H,2,4,20H2,1H3. The average molecular weight is 355 g/mol. The summed E-state index contributed by atoms with van der Waals surface area (Å²) in [5.74, 6) is 4.27. The fraction of sp³-hybridized carbons (Fsp3) is 0.250. The molecular formula is C16H17BrF2N2. The highest BCUT2D eigenvalue weighted by Gasteiger charge is 2.21. The summed E-state index contributed by atoms with van der Waals surface area (Å²) in [7, 11) is 0. The topological polar surface area (TPSA) is 38.0 Å². The van der Waals surface area contributed by atoms with E-state index in [0.29, 0.717) is 4.47 Å². The number of hydrogen-bond donors (Lipinski definition) is 2. The molecule has 2 aromatic rings. The van der Waals surface area contributed by atoms with Crippen LogP contribution in [0.15, 0.2) is 40.9 Å². The van der Waals surface area contributed by atoms with Crippen LogP contribution >= 0.6 is 15.9 Å². The second kappa shape index (κ2) is 7.11. The average Bonchev–Trinajstić information content (AvgIpc) is 2.43. The van der Waals surface area contributed by atoms with Gasteiger partial charge in [0.1, 0.15) is 11.6 Å². The van der Waals surface area contributed by atoms with Crippen molar-refractivity contribution in [3.05, 3.63) is 69.2 Å². The molecule has 0 radical (unpaired) electrons. The smallest absolute Gasteiger partial charge is 0.132 e. The molecule has 0 spiro atoms. The summed E-state index contributed by atoms with van der Waals surface area (Å²) in [4.78, 5) is 0. The van der Waals surface area contributed by atoms with Crippen LogP contribution in [0, 0.1) is 11.6 Å². The Morgan fingerprint density at radius 3 is 2.43 bits per heavy atom. The monoisotopic (exact) mass is 354 g/mol. The van der Waals surface area contributed by atoms with Crippen LogP contribution in [0.2, 0.25) is 0 Å². The Morgan fingerprint density at radius 2 is 1.86 bits per heavy atom. The van der Waals surface area contributed by atoms with Gasteiger partial charge in [-0.3, -0.25) is 5.84 Å². The van der Waals surface area contributed by atoms with E-state index in [0.717, 1.165) is 24.0 Å². The van der Waals surface area contributed by atoms with Crippen LogP contribution in [0.5, 0.6) is 0 Å². The van der Waals surface area contributed by atoms with Crippen LogP contribution in [0.4, 0.5) is 8.78 Å². The summed E-state index contributed by atoms with van der Waals surface area (Å²) in [6.45, 7) is 2.08. The number of nitrogens with two attached hydrogens (primary N) is 1. The van der Waals surface area contributed by atoms with Crippen LogP contribution in [0.3, 0.4) is 0 Å². The highest BCUT2D eigenvalue weighted by Crippen LogP contribution is 2.29. The highest BCUT2D eigenvalue weighted by molar-refractivity contribution is 9.10. The minimum Gasteiger partial charge on any atom is -0.271 e. The molecule has 2 rings (SSSR count). The van der Waals surface area contributed by atoms with Gasteiger partial charge in [0.15, 0.2) is 0 Å². The van der Waals surface area contributed by atoms with Gasteiger partial charge in [0.05, 0.1) is 6.04 Å².